The largest absolute Gasteiger partial charge is 0.496 e. The lowest BCUT2D eigenvalue weighted by Gasteiger charge is -2.27. The molecule has 1 unspecified atom stereocenters. The fraction of sp³-hybridized carbons (Fsp3) is 0.280. The summed E-state index contributed by atoms with van der Waals surface area (Å²) in [6.07, 6.45) is -0.0156. The van der Waals surface area contributed by atoms with Crippen LogP contribution in [-0.4, -0.2) is 34.2 Å². The van der Waals surface area contributed by atoms with Crippen molar-refractivity contribution in [3.63, 3.8) is 0 Å². The van der Waals surface area contributed by atoms with E-state index in [-0.39, 0.29) is 6.17 Å². The van der Waals surface area contributed by atoms with E-state index in [1.165, 1.54) is 11.1 Å². The number of methoxy groups -OCH3 is 1. The van der Waals surface area contributed by atoms with Crippen LogP contribution in [0.2, 0.25) is 0 Å². The summed E-state index contributed by atoms with van der Waals surface area (Å²) < 4.78 is 11.2. The number of hydrogen-bond acceptors (Lipinski definition) is 6. The van der Waals surface area contributed by atoms with Crippen LogP contribution in [0.15, 0.2) is 45.9 Å². The fourth-order valence-electron chi connectivity index (χ4n) is 5.01. The number of nitrogens with zero attached hydrogens (tertiary/aromatic N) is 3. The first kappa shape index (κ1) is 19.0. The number of rotatable bonds is 2. The number of fused-ring (bicyclic) bond motifs is 4. The van der Waals surface area contributed by atoms with Crippen LogP contribution in [0.25, 0.3) is 22.0 Å². The van der Waals surface area contributed by atoms with Crippen molar-refractivity contribution in [1.82, 2.24) is 15.0 Å². The highest BCUT2D eigenvalue weighted by atomic mass is 16.5. The first-order chi connectivity index (χ1) is 15.5. The molecular formula is C25H25N5O2. The highest BCUT2D eigenvalue weighted by Crippen LogP contribution is 2.41. The summed E-state index contributed by atoms with van der Waals surface area (Å²) in [6.45, 7) is 7.68. The Balaban J connectivity index is 1.51. The van der Waals surface area contributed by atoms with E-state index in [1.807, 2.05) is 13.8 Å². The van der Waals surface area contributed by atoms with Gasteiger partial charge in [-0.3, -0.25) is 0 Å². The van der Waals surface area contributed by atoms with E-state index in [2.05, 4.69) is 63.7 Å². The molecule has 0 radical (unpaired) electrons. The fourth-order valence-corrected chi connectivity index (χ4v) is 5.01. The maximum Gasteiger partial charge on any atom is 0.141 e. The summed E-state index contributed by atoms with van der Waals surface area (Å²) in [5.74, 6) is 3.57. The molecule has 0 aliphatic carbocycles. The lowest BCUT2D eigenvalue weighted by molar-refractivity contribution is 0.393. The predicted molar refractivity (Wildman–Crippen MR) is 125 cm³/mol. The second-order valence-corrected chi connectivity index (χ2v) is 8.57. The number of hydrogen-bond donors (Lipinski definition) is 2. The quantitative estimate of drug-likeness (QED) is 0.472. The Labute approximate surface area is 186 Å². The van der Waals surface area contributed by atoms with Crippen LogP contribution < -0.4 is 10.1 Å². The molecule has 2 N–H and O–H groups in total. The Hall–Kier alpha value is -3.74. The molecular weight excluding hydrogens is 402 g/mol. The molecule has 7 heteroatoms. The van der Waals surface area contributed by atoms with Gasteiger partial charge in [0.15, 0.2) is 0 Å². The van der Waals surface area contributed by atoms with E-state index in [0.29, 0.717) is 0 Å². The van der Waals surface area contributed by atoms with Crippen LogP contribution in [0.5, 0.6) is 5.75 Å². The average molecular weight is 428 g/mol. The molecule has 6 rings (SSSR count). The van der Waals surface area contributed by atoms with Gasteiger partial charge in [0.05, 0.1) is 23.9 Å². The SMILES string of the molecule is COc1cc2c3c([nH]c2cc1-c1c(C)noc1C)NC(C)N=C3N1Cc2ccccc2C1. The number of nitrogens with one attached hydrogen (secondary N) is 2. The van der Waals surface area contributed by atoms with Crippen molar-refractivity contribution in [2.45, 2.75) is 40.0 Å². The highest BCUT2D eigenvalue weighted by Gasteiger charge is 2.31. The Bertz CT molecular complexity index is 1350. The number of aliphatic imine (C=N–C) groups is 1. The number of aromatic amines is 1. The van der Waals surface area contributed by atoms with Gasteiger partial charge in [0.1, 0.15) is 29.3 Å². The molecule has 0 bridgehead atoms. The van der Waals surface area contributed by atoms with Gasteiger partial charge in [0.25, 0.3) is 0 Å². The summed E-state index contributed by atoms with van der Waals surface area (Å²) >= 11 is 0. The zero-order valence-electron chi connectivity index (χ0n) is 18.6. The second kappa shape index (κ2) is 6.88. The zero-order chi connectivity index (χ0) is 22.0. The minimum Gasteiger partial charge on any atom is -0.496 e. The Morgan fingerprint density at radius 2 is 1.84 bits per heavy atom. The molecule has 4 aromatic rings. The first-order valence-electron chi connectivity index (χ1n) is 10.9. The zero-order valence-corrected chi connectivity index (χ0v) is 18.6. The van der Waals surface area contributed by atoms with Crippen LogP contribution in [0, 0.1) is 13.8 Å². The van der Waals surface area contributed by atoms with Crippen molar-refractivity contribution in [2.24, 2.45) is 4.99 Å². The first-order valence-corrected chi connectivity index (χ1v) is 10.9. The Morgan fingerprint density at radius 1 is 1.09 bits per heavy atom. The van der Waals surface area contributed by atoms with Crippen molar-refractivity contribution >= 4 is 22.6 Å². The molecule has 2 aliphatic rings. The van der Waals surface area contributed by atoms with E-state index < -0.39 is 0 Å². The van der Waals surface area contributed by atoms with Crippen LogP contribution in [0.1, 0.15) is 35.1 Å². The molecule has 2 aliphatic heterocycles. The van der Waals surface area contributed by atoms with Gasteiger partial charge >= 0.3 is 0 Å². The maximum absolute atomic E-state index is 5.82. The molecule has 162 valence electrons. The van der Waals surface area contributed by atoms with Crippen molar-refractivity contribution in [3.8, 4) is 16.9 Å². The van der Waals surface area contributed by atoms with Gasteiger partial charge < -0.3 is 24.5 Å². The lowest BCUT2D eigenvalue weighted by atomic mass is 10.00. The van der Waals surface area contributed by atoms with E-state index >= 15 is 0 Å². The van der Waals surface area contributed by atoms with Crippen molar-refractivity contribution in [2.75, 3.05) is 12.4 Å². The molecule has 7 nitrogen and oxygen atoms in total. The summed E-state index contributed by atoms with van der Waals surface area (Å²) in [4.78, 5) is 11.0. The third-order valence-electron chi connectivity index (χ3n) is 6.45. The van der Waals surface area contributed by atoms with E-state index in [9.17, 15) is 0 Å². The normalized spacial score (nSPS) is 17.2. The number of amidine groups is 1. The minimum absolute atomic E-state index is 0.0156. The lowest BCUT2D eigenvalue weighted by Crippen LogP contribution is -2.33. The maximum atomic E-state index is 5.82. The number of H-pyrrole nitrogens is 1. The summed E-state index contributed by atoms with van der Waals surface area (Å²) in [7, 11) is 1.70. The van der Waals surface area contributed by atoms with Crippen molar-refractivity contribution < 1.29 is 9.26 Å². The summed E-state index contributed by atoms with van der Waals surface area (Å²) in [5, 5.41) is 8.71. The topological polar surface area (TPSA) is 78.7 Å². The van der Waals surface area contributed by atoms with Gasteiger partial charge in [-0.05, 0) is 44.0 Å². The molecule has 2 aromatic carbocycles. The smallest absolute Gasteiger partial charge is 0.141 e. The minimum atomic E-state index is -0.0156. The van der Waals surface area contributed by atoms with Gasteiger partial charge in [-0.2, -0.15) is 0 Å². The Kier molecular flexibility index (Phi) is 4.08. The van der Waals surface area contributed by atoms with Crippen LogP contribution in [0.4, 0.5) is 5.82 Å². The van der Waals surface area contributed by atoms with Crippen molar-refractivity contribution in [1.29, 1.82) is 0 Å². The molecule has 4 heterocycles. The van der Waals surface area contributed by atoms with Gasteiger partial charge in [-0.15, -0.1) is 0 Å². The third kappa shape index (κ3) is 2.74. The average Bonchev–Trinajstić information content (AvgIpc) is 3.46. The molecule has 2 aromatic heterocycles. The van der Waals surface area contributed by atoms with Crippen LogP contribution in [-0.2, 0) is 13.1 Å². The second-order valence-electron chi connectivity index (χ2n) is 8.57. The monoisotopic (exact) mass is 427 g/mol. The van der Waals surface area contributed by atoms with E-state index in [1.54, 1.807) is 7.11 Å². The molecule has 0 saturated carbocycles. The van der Waals surface area contributed by atoms with Gasteiger partial charge in [0, 0.05) is 29.6 Å². The van der Waals surface area contributed by atoms with Gasteiger partial charge in [0.2, 0.25) is 0 Å². The number of anilines is 1. The van der Waals surface area contributed by atoms with E-state index in [0.717, 1.165) is 69.5 Å². The number of benzene rings is 2. The van der Waals surface area contributed by atoms with Gasteiger partial charge in [-0.1, -0.05) is 29.4 Å². The third-order valence-corrected chi connectivity index (χ3v) is 6.45. The summed E-state index contributed by atoms with van der Waals surface area (Å²) in [6, 6.07) is 12.8. The molecule has 0 spiro atoms. The predicted octanol–water partition coefficient (Wildman–Crippen LogP) is 4.98. The molecule has 32 heavy (non-hydrogen) atoms. The highest BCUT2D eigenvalue weighted by molar-refractivity contribution is 6.16. The molecule has 0 saturated heterocycles. The molecule has 0 fully saturated rings. The number of aryl methyl sites for hydroxylation is 2. The van der Waals surface area contributed by atoms with Crippen LogP contribution >= 0.6 is 0 Å². The van der Waals surface area contributed by atoms with Crippen molar-refractivity contribution in [3.05, 3.63) is 64.5 Å². The standard InChI is InChI=1S/C25H25N5O2/c1-13-22(14(2)32-29-13)19-9-20-18(10-21(19)31-4)23-24(28-20)26-15(3)27-25(23)30-11-16-7-5-6-8-17(16)12-30/h5-10,15,26,28H,11-12H2,1-4H3. The summed E-state index contributed by atoms with van der Waals surface area (Å²) in [5.41, 5.74) is 7.63. The van der Waals surface area contributed by atoms with Crippen LogP contribution in [0.3, 0.4) is 0 Å². The molecule has 0 amide bonds. The number of aromatic nitrogens is 2. The van der Waals surface area contributed by atoms with Gasteiger partial charge in [-0.25, -0.2) is 4.99 Å². The van der Waals surface area contributed by atoms with E-state index in [4.69, 9.17) is 14.3 Å². The number of ether oxygens (including phenoxy) is 1. The Morgan fingerprint density at radius 3 is 2.50 bits per heavy atom. The molecule has 1 atom stereocenters.